The van der Waals surface area contributed by atoms with Crippen LogP contribution in [0.15, 0.2) is 18.2 Å². The summed E-state index contributed by atoms with van der Waals surface area (Å²) >= 11 is 1.00. The summed E-state index contributed by atoms with van der Waals surface area (Å²) in [4.78, 5) is 3.90. The lowest BCUT2D eigenvalue weighted by atomic mass is 10.2. The van der Waals surface area contributed by atoms with Gasteiger partial charge in [0.2, 0.25) is 0 Å². The van der Waals surface area contributed by atoms with Crippen molar-refractivity contribution < 1.29 is 8.78 Å². The van der Waals surface area contributed by atoms with Crippen molar-refractivity contribution >= 4 is 27.2 Å². The second kappa shape index (κ2) is 5.32. The second-order valence-electron chi connectivity index (χ2n) is 4.56. The molecule has 1 atom stereocenters. The number of hydrogen-bond donors (Lipinski definition) is 1. The number of rotatable bonds is 4. The third-order valence-corrected chi connectivity index (χ3v) is 4.04. The molecule has 110 valence electrons. The number of halogens is 2. The molecule has 0 bridgehead atoms. The van der Waals surface area contributed by atoms with Crippen LogP contribution in [0.1, 0.15) is 30.2 Å². The highest BCUT2D eigenvalue weighted by molar-refractivity contribution is 7.18. The zero-order valence-corrected chi connectivity index (χ0v) is 12.1. The van der Waals surface area contributed by atoms with E-state index in [1.54, 1.807) is 29.9 Å². The minimum Gasteiger partial charge on any atom is -0.375 e. The monoisotopic (exact) mass is 310 g/mol. The summed E-state index contributed by atoms with van der Waals surface area (Å²) in [6.07, 6.45) is -2.54. The Morgan fingerprint density at radius 1 is 1.33 bits per heavy atom. The highest BCUT2D eigenvalue weighted by atomic mass is 32.1. The summed E-state index contributed by atoms with van der Waals surface area (Å²) in [5.41, 5.74) is 1.39. The molecule has 6 nitrogen and oxygen atoms in total. The number of aromatic nitrogens is 5. The number of nitrogens with one attached hydrogen (secondary N) is 1. The fourth-order valence-electron chi connectivity index (χ4n) is 2.04. The van der Waals surface area contributed by atoms with E-state index in [1.807, 2.05) is 6.92 Å². The summed E-state index contributed by atoms with van der Waals surface area (Å²) in [5, 5.41) is 14.4. The van der Waals surface area contributed by atoms with Crippen molar-refractivity contribution in [1.29, 1.82) is 0 Å². The molecule has 3 aromatic rings. The van der Waals surface area contributed by atoms with Gasteiger partial charge in [0.1, 0.15) is 0 Å². The van der Waals surface area contributed by atoms with Gasteiger partial charge >= 0.3 is 0 Å². The molecular weight excluding hydrogens is 298 g/mol. The molecule has 2 heterocycles. The second-order valence-corrected chi connectivity index (χ2v) is 5.62. The molecule has 1 aromatic carbocycles. The number of anilines is 1. The zero-order valence-electron chi connectivity index (χ0n) is 11.3. The highest BCUT2D eigenvalue weighted by Crippen LogP contribution is 2.31. The summed E-state index contributed by atoms with van der Waals surface area (Å²) in [7, 11) is 1.76. The van der Waals surface area contributed by atoms with Gasteiger partial charge in [0, 0.05) is 12.7 Å². The molecule has 0 saturated carbocycles. The zero-order chi connectivity index (χ0) is 15.0. The Kier molecular flexibility index (Phi) is 3.50. The van der Waals surface area contributed by atoms with E-state index < -0.39 is 6.43 Å². The van der Waals surface area contributed by atoms with E-state index in [4.69, 9.17) is 0 Å². The van der Waals surface area contributed by atoms with Crippen LogP contribution in [0.2, 0.25) is 0 Å². The van der Waals surface area contributed by atoms with Crippen LogP contribution in [-0.2, 0) is 7.05 Å². The molecule has 0 amide bonds. The van der Waals surface area contributed by atoms with Gasteiger partial charge in [-0.2, -0.15) is 0 Å². The maximum Gasteiger partial charge on any atom is 0.289 e. The number of hydrogen-bond acceptors (Lipinski definition) is 6. The lowest BCUT2D eigenvalue weighted by molar-refractivity contribution is 0.151. The van der Waals surface area contributed by atoms with Crippen LogP contribution < -0.4 is 5.32 Å². The third-order valence-electron chi connectivity index (χ3n) is 3.02. The van der Waals surface area contributed by atoms with Crippen LogP contribution in [0.25, 0.3) is 10.2 Å². The number of thiazole rings is 1. The van der Waals surface area contributed by atoms with Gasteiger partial charge < -0.3 is 5.32 Å². The molecule has 9 heteroatoms. The summed E-state index contributed by atoms with van der Waals surface area (Å²) in [6.45, 7) is 1.92. The molecule has 0 fully saturated rings. The van der Waals surface area contributed by atoms with E-state index in [-0.39, 0.29) is 11.0 Å². The summed E-state index contributed by atoms with van der Waals surface area (Å²) < 4.78 is 27.6. The van der Waals surface area contributed by atoms with Gasteiger partial charge in [-0.15, -0.1) is 16.4 Å². The van der Waals surface area contributed by atoms with E-state index in [2.05, 4.69) is 25.8 Å². The van der Waals surface area contributed by atoms with Crippen molar-refractivity contribution in [1.82, 2.24) is 25.2 Å². The first-order valence-electron chi connectivity index (χ1n) is 6.22. The number of benzene rings is 1. The lowest BCUT2D eigenvalue weighted by Crippen LogP contribution is -2.12. The first-order valence-corrected chi connectivity index (χ1v) is 7.03. The first kappa shape index (κ1) is 13.8. The van der Waals surface area contributed by atoms with Gasteiger partial charge in [-0.1, -0.05) is 0 Å². The molecule has 0 spiro atoms. The minimum atomic E-state index is -2.54. The van der Waals surface area contributed by atoms with Crippen molar-refractivity contribution in [2.24, 2.45) is 7.05 Å². The van der Waals surface area contributed by atoms with Crippen LogP contribution in [0.3, 0.4) is 0 Å². The molecule has 0 unspecified atom stereocenters. The maximum absolute atomic E-state index is 12.7. The molecule has 0 radical (unpaired) electrons. The third kappa shape index (κ3) is 2.68. The maximum atomic E-state index is 12.7. The van der Waals surface area contributed by atoms with Gasteiger partial charge in [0.05, 0.1) is 16.3 Å². The number of alkyl halides is 2. The van der Waals surface area contributed by atoms with Crippen LogP contribution in [0.5, 0.6) is 0 Å². The van der Waals surface area contributed by atoms with Crippen molar-refractivity contribution in [3.63, 3.8) is 0 Å². The van der Waals surface area contributed by atoms with Gasteiger partial charge in [-0.25, -0.2) is 18.4 Å². The van der Waals surface area contributed by atoms with Crippen molar-refractivity contribution in [2.75, 3.05) is 5.32 Å². The Balaban J connectivity index is 1.86. The molecule has 21 heavy (non-hydrogen) atoms. The topological polar surface area (TPSA) is 68.5 Å². The van der Waals surface area contributed by atoms with Crippen LogP contribution in [0.4, 0.5) is 14.5 Å². The Hall–Kier alpha value is -2.16. The highest BCUT2D eigenvalue weighted by Gasteiger charge is 2.15. The predicted molar refractivity (Wildman–Crippen MR) is 75.4 cm³/mol. The van der Waals surface area contributed by atoms with E-state index in [9.17, 15) is 8.78 Å². The van der Waals surface area contributed by atoms with Crippen molar-refractivity contribution in [3.8, 4) is 0 Å². The molecule has 0 aliphatic rings. The molecule has 2 aromatic heterocycles. The SMILES string of the molecule is C[C@@H](Nc1ccc2nc(C(F)F)sc2c1)c1nnnn1C. The van der Waals surface area contributed by atoms with E-state index in [0.29, 0.717) is 11.3 Å². The summed E-state index contributed by atoms with van der Waals surface area (Å²) in [5.74, 6) is 0.688. The summed E-state index contributed by atoms with van der Waals surface area (Å²) in [6, 6.07) is 5.23. The van der Waals surface area contributed by atoms with E-state index >= 15 is 0 Å². The fourth-order valence-corrected chi connectivity index (χ4v) is 2.91. The molecule has 3 rings (SSSR count). The standard InChI is InChI=1S/C12H12F2N6S/c1-6(11-17-18-19-20(11)2)15-7-3-4-8-9(5-7)21-12(16-8)10(13)14/h3-6,10,15H,1-2H3/t6-/m1/s1. The molecule has 0 saturated heterocycles. The fraction of sp³-hybridized carbons (Fsp3) is 0.333. The van der Waals surface area contributed by atoms with Gasteiger partial charge in [-0.3, -0.25) is 0 Å². The van der Waals surface area contributed by atoms with Crippen LogP contribution >= 0.6 is 11.3 Å². The Morgan fingerprint density at radius 2 is 2.14 bits per heavy atom. The van der Waals surface area contributed by atoms with E-state index in [1.165, 1.54) is 0 Å². The predicted octanol–water partition coefficient (Wildman–Crippen LogP) is 2.93. The number of fused-ring (bicyclic) bond motifs is 1. The van der Waals surface area contributed by atoms with Gasteiger partial charge in [0.15, 0.2) is 10.8 Å². The van der Waals surface area contributed by atoms with Crippen molar-refractivity contribution in [2.45, 2.75) is 19.4 Å². The van der Waals surface area contributed by atoms with E-state index in [0.717, 1.165) is 21.7 Å². The Bertz CT molecular complexity index is 768. The lowest BCUT2D eigenvalue weighted by Gasteiger charge is -2.13. The Morgan fingerprint density at radius 3 is 2.81 bits per heavy atom. The normalized spacial score (nSPS) is 13.0. The van der Waals surface area contributed by atoms with Crippen LogP contribution in [0, 0.1) is 0 Å². The van der Waals surface area contributed by atoms with Gasteiger partial charge in [-0.05, 0) is 35.5 Å². The quantitative estimate of drug-likeness (QED) is 0.802. The van der Waals surface area contributed by atoms with Crippen molar-refractivity contribution in [3.05, 3.63) is 29.0 Å². The smallest absolute Gasteiger partial charge is 0.289 e. The number of aryl methyl sites for hydroxylation is 1. The number of nitrogens with zero attached hydrogens (tertiary/aromatic N) is 5. The Labute approximate surface area is 122 Å². The van der Waals surface area contributed by atoms with Gasteiger partial charge in [0.25, 0.3) is 6.43 Å². The first-order chi connectivity index (χ1) is 10.0. The molecular formula is C12H12F2N6S. The largest absolute Gasteiger partial charge is 0.375 e. The average Bonchev–Trinajstić information content (AvgIpc) is 3.04. The molecule has 0 aliphatic heterocycles. The van der Waals surface area contributed by atoms with Crippen LogP contribution in [-0.4, -0.2) is 25.2 Å². The number of tetrazole rings is 1. The minimum absolute atomic E-state index is 0.107. The molecule has 0 aliphatic carbocycles. The average molecular weight is 310 g/mol. The molecule has 1 N–H and O–H groups in total.